The Bertz CT molecular complexity index is 2060. The van der Waals surface area contributed by atoms with Gasteiger partial charge in [0.15, 0.2) is 0 Å². The molecular formula is C39H46N8O7S. The lowest BCUT2D eigenvalue weighted by atomic mass is 10.0. The third-order valence-corrected chi connectivity index (χ3v) is 10.2. The number of ether oxygens (including phenoxy) is 1. The van der Waals surface area contributed by atoms with Crippen molar-refractivity contribution in [2.24, 2.45) is 5.92 Å². The number of carbonyl (C=O) groups is 6. The Kier molecular flexibility index (Phi) is 13.1. The maximum Gasteiger partial charge on any atom is 0.273 e. The van der Waals surface area contributed by atoms with Gasteiger partial charge in [-0.15, -0.1) is 11.3 Å². The Balaban J connectivity index is 1.51. The number of nitrogens with one attached hydrogen (secondary N) is 4. The summed E-state index contributed by atoms with van der Waals surface area (Å²) in [4.78, 5) is 93.3. The lowest BCUT2D eigenvalue weighted by molar-refractivity contribution is -0.136. The molecule has 0 aliphatic carbocycles. The highest BCUT2D eigenvalue weighted by atomic mass is 32.1. The number of hydrogen-bond donors (Lipinski definition) is 4. The monoisotopic (exact) mass is 770 g/mol. The molecule has 3 heterocycles. The van der Waals surface area contributed by atoms with Crippen molar-refractivity contribution >= 4 is 57.7 Å². The maximum absolute atomic E-state index is 14.2. The zero-order valence-electron chi connectivity index (χ0n) is 31.6. The third-order valence-electron chi connectivity index (χ3n) is 9.21. The van der Waals surface area contributed by atoms with Gasteiger partial charge in [-0.05, 0) is 43.9 Å². The van der Waals surface area contributed by atoms with Gasteiger partial charge in [0.05, 0.1) is 25.2 Å². The van der Waals surface area contributed by atoms with Crippen molar-refractivity contribution < 1.29 is 33.5 Å². The SMILES string of the molecule is COc1cc(C(=O)N2CCN(C)C(=O)[C@@H](C)NC(=O)[C@H](C(C)C)NC(=O)[C@H](C)NC(=O)c3csc(n3)[C@H](Cc3ccccc3)NC(=O)C2)nc2ccccc12. The van der Waals surface area contributed by atoms with E-state index in [1.54, 1.807) is 31.4 Å². The van der Waals surface area contributed by atoms with E-state index in [2.05, 4.69) is 31.2 Å². The average Bonchev–Trinajstić information content (AvgIpc) is 3.67. The minimum atomic E-state index is -1.04. The van der Waals surface area contributed by atoms with Gasteiger partial charge < -0.3 is 35.8 Å². The van der Waals surface area contributed by atoms with Crippen LogP contribution in [0.4, 0.5) is 0 Å². The summed E-state index contributed by atoms with van der Waals surface area (Å²) < 4.78 is 5.57. The summed E-state index contributed by atoms with van der Waals surface area (Å²) in [6.07, 6.45) is 0.323. The predicted molar refractivity (Wildman–Crippen MR) is 206 cm³/mol. The molecule has 16 heteroatoms. The molecule has 290 valence electrons. The number of pyridine rings is 1. The van der Waals surface area contributed by atoms with Crippen molar-refractivity contribution in [3.8, 4) is 5.75 Å². The van der Waals surface area contributed by atoms with Crippen LogP contribution >= 0.6 is 11.3 Å². The third kappa shape index (κ3) is 10.0. The zero-order valence-corrected chi connectivity index (χ0v) is 32.4. The van der Waals surface area contributed by atoms with Crippen LogP contribution in [0.3, 0.4) is 0 Å². The highest BCUT2D eigenvalue weighted by Crippen LogP contribution is 2.26. The van der Waals surface area contributed by atoms with Gasteiger partial charge in [-0.3, -0.25) is 28.8 Å². The molecule has 6 amide bonds. The number of methoxy groups -OCH3 is 1. The number of likely N-dealkylation sites (N-methyl/N-ethyl adjacent to an activating group) is 1. The molecule has 2 aromatic heterocycles. The summed E-state index contributed by atoms with van der Waals surface area (Å²) in [5.41, 5.74) is 1.49. The number of aromatic nitrogens is 2. The Hall–Kier alpha value is -5.90. The van der Waals surface area contributed by atoms with E-state index in [9.17, 15) is 28.8 Å². The van der Waals surface area contributed by atoms with Crippen LogP contribution in [-0.4, -0.2) is 107 Å². The number of para-hydroxylation sites is 1. The second-order valence-electron chi connectivity index (χ2n) is 13.7. The Labute approximate surface area is 323 Å². The summed E-state index contributed by atoms with van der Waals surface area (Å²) in [6.45, 7) is 6.03. The van der Waals surface area contributed by atoms with Crippen LogP contribution in [0, 0.1) is 5.92 Å². The van der Waals surface area contributed by atoms with Crippen molar-refractivity contribution in [1.29, 1.82) is 0 Å². The van der Waals surface area contributed by atoms with E-state index in [0.29, 0.717) is 28.1 Å². The van der Waals surface area contributed by atoms with Gasteiger partial charge in [0, 0.05) is 37.0 Å². The number of fused-ring (bicyclic) bond motifs is 3. The van der Waals surface area contributed by atoms with E-state index in [1.807, 2.05) is 42.5 Å². The minimum Gasteiger partial charge on any atom is -0.496 e. The van der Waals surface area contributed by atoms with Gasteiger partial charge in [0.1, 0.15) is 40.3 Å². The molecule has 5 rings (SSSR count). The van der Waals surface area contributed by atoms with Crippen molar-refractivity contribution in [2.45, 2.75) is 58.3 Å². The predicted octanol–water partition coefficient (Wildman–Crippen LogP) is 2.48. The molecule has 4 aromatic rings. The first kappa shape index (κ1) is 40.3. The normalized spacial score (nSPS) is 21.0. The standard InChI is InChI=1S/C39H46N8O7S/c1-22(2)33-36(51)41-24(4)38(52)46(5)16-17-47(39(53)29-19-31(54-6)26-14-10-11-15-27(26)42-29)20-32(48)43-28(18-25-12-8-7-9-13-25)37-44-30(21-55-37)35(50)40-23(3)34(49)45-33/h7-15,19,21-24,28,33H,16-18,20H2,1-6H3,(H,40,50)(H,41,51)(H,43,48)(H,45,49)/t23-,24+,28-,33-/m0/s1. The summed E-state index contributed by atoms with van der Waals surface area (Å²) in [7, 11) is 3.02. The molecule has 0 unspecified atom stereocenters. The molecule has 0 spiro atoms. The molecule has 2 bridgehead atoms. The maximum atomic E-state index is 14.2. The van der Waals surface area contributed by atoms with Crippen molar-refractivity contribution in [2.75, 3.05) is 33.8 Å². The molecule has 1 aliphatic rings. The molecule has 1 aliphatic heterocycles. The molecule has 55 heavy (non-hydrogen) atoms. The first-order valence-corrected chi connectivity index (χ1v) is 18.8. The summed E-state index contributed by atoms with van der Waals surface area (Å²) in [5, 5.41) is 13.7. The number of rotatable bonds is 5. The number of carbonyl (C=O) groups excluding carboxylic acids is 6. The minimum absolute atomic E-state index is 0.00169. The van der Waals surface area contributed by atoms with Gasteiger partial charge in [-0.25, -0.2) is 9.97 Å². The number of benzene rings is 2. The smallest absolute Gasteiger partial charge is 0.273 e. The van der Waals surface area contributed by atoms with E-state index >= 15 is 0 Å². The molecular weight excluding hydrogens is 725 g/mol. The Morgan fingerprint density at radius 1 is 0.891 bits per heavy atom. The first-order chi connectivity index (χ1) is 26.2. The van der Waals surface area contributed by atoms with Crippen LogP contribution in [0.1, 0.15) is 65.3 Å². The molecule has 2 aromatic carbocycles. The molecule has 4 N–H and O–H groups in total. The second-order valence-corrected chi connectivity index (χ2v) is 14.6. The highest BCUT2D eigenvalue weighted by molar-refractivity contribution is 7.09. The lowest BCUT2D eigenvalue weighted by Crippen LogP contribution is -2.57. The van der Waals surface area contributed by atoms with Crippen molar-refractivity contribution in [3.05, 3.63) is 88.0 Å². The highest BCUT2D eigenvalue weighted by Gasteiger charge is 2.31. The van der Waals surface area contributed by atoms with E-state index in [0.717, 1.165) is 16.9 Å². The van der Waals surface area contributed by atoms with Crippen LogP contribution in [-0.2, 0) is 25.6 Å². The van der Waals surface area contributed by atoms with Crippen molar-refractivity contribution in [1.82, 2.24) is 41.0 Å². The number of amides is 6. The topological polar surface area (TPSA) is 192 Å². The quantitative estimate of drug-likeness (QED) is 0.236. The molecule has 0 saturated heterocycles. The summed E-state index contributed by atoms with van der Waals surface area (Å²) in [6, 6.07) is 14.4. The second kappa shape index (κ2) is 18.0. The molecule has 15 nitrogen and oxygen atoms in total. The van der Waals surface area contributed by atoms with E-state index in [4.69, 9.17) is 4.74 Å². The fourth-order valence-electron chi connectivity index (χ4n) is 6.08. The van der Waals surface area contributed by atoms with Crippen molar-refractivity contribution in [3.63, 3.8) is 0 Å². The summed E-state index contributed by atoms with van der Waals surface area (Å²) >= 11 is 1.16. The Morgan fingerprint density at radius 3 is 2.31 bits per heavy atom. The first-order valence-electron chi connectivity index (χ1n) is 17.9. The van der Waals surface area contributed by atoms with Gasteiger partial charge in [0.25, 0.3) is 11.8 Å². The Morgan fingerprint density at radius 2 is 1.60 bits per heavy atom. The molecule has 0 radical (unpaired) electrons. The van der Waals surface area contributed by atoms with Gasteiger partial charge in [-0.1, -0.05) is 56.3 Å². The van der Waals surface area contributed by atoms with Crippen LogP contribution in [0.2, 0.25) is 0 Å². The van der Waals surface area contributed by atoms with Gasteiger partial charge in [-0.2, -0.15) is 0 Å². The van der Waals surface area contributed by atoms with Crippen LogP contribution in [0.5, 0.6) is 5.75 Å². The molecule has 0 fully saturated rings. The van der Waals surface area contributed by atoms with Crippen LogP contribution < -0.4 is 26.0 Å². The zero-order chi connectivity index (χ0) is 39.8. The number of hydrogen-bond acceptors (Lipinski definition) is 10. The van der Waals surface area contributed by atoms with Crippen LogP contribution in [0.15, 0.2) is 66.0 Å². The van der Waals surface area contributed by atoms with Gasteiger partial charge >= 0.3 is 0 Å². The van der Waals surface area contributed by atoms with E-state index < -0.39 is 66.2 Å². The molecule has 4 atom stereocenters. The summed E-state index contributed by atoms with van der Waals surface area (Å²) in [5.74, 6) is -3.29. The van der Waals surface area contributed by atoms with E-state index in [1.165, 1.54) is 43.9 Å². The number of nitrogens with zero attached hydrogens (tertiary/aromatic N) is 4. The average molecular weight is 771 g/mol. The fraction of sp³-hybridized carbons (Fsp3) is 0.385. The van der Waals surface area contributed by atoms with Gasteiger partial charge in [0.2, 0.25) is 23.6 Å². The molecule has 0 saturated carbocycles. The van der Waals surface area contributed by atoms with Crippen LogP contribution in [0.25, 0.3) is 10.9 Å². The number of thiazole rings is 1. The largest absolute Gasteiger partial charge is 0.496 e. The lowest BCUT2D eigenvalue weighted by Gasteiger charge is -2.29. The fourth-order valence-corrected chi connectivity index (χ4v) is 6.93. The van der Waals surface area contributed by atoms with E-state index in [-0.39, 0.29) is 30.4 Å².